The molecule has 0 spiro atoms. The summed E-state index contributed by atoms with van der Waals surface area (Å²) in [6.07, 6.45) is 0. The number of benzene rings is 9. The van der Waals surface area contributed by atoms with Crippen LogP contribution in [0.4, 0.5) is 0 Å². The Kier molecular flexibility index (Phi) is 6.38. The van der Waals surface area contributed by atoms with Crippen molar-refractivity contribution in [3.8, 4) is 39.9 Å². The molecule has 0 N–H and O–H groups in total. The number of rotatable bonds is 4. The average Bonchev–Trinajstić information content (AvgIpc) is 3.92. The lowest BCUT2D eigenvalue weighted by molar-refractivity contribution is 1.08. The van der Waals surface area contributed by atoms with E-state index < -0.39 is 0 Å². The first-order valence-electron chi connectivity index (χ1n) is 19.7. The molecule has 0 saturated heterocycles. The first-order chi connectivity index (χ1) is 28.8. The maximum absolute atomic E-state index is 5.14. The van der Waals surface area contributed by atoms with Crippen LogP contribution >= 0.6 is 0 Å². The van der Waals surface area contributed by atoms with E-state index in [0.717, 1.165) is 33.2 Å². The van der Waals surface area contributed by atoms with Gasteiger partial charge in [0.2, 0.25) is 0 Å². The third-order valence-corrected chi connectivity index (χ3v) is 12.1. The van der Waals surface area contributed by atoms with Crippen LogP contribution in [0.2, 0.25) is 0 Å². The standard InChI is InChI=1S/C53H31N5/c1-3-14-32(15-4-1)51-54-52(33-16-5-2-6-17-33)56-53(55-51)41-26-27-46(37-21-10-9-20-36(37)41)57-47-29-35-19-8-7-18-34(35)28-42(47)44-30-43-40-24-13-23-39-38-22-11-12-25-45(38)58(50(39)40)49(43)31-48(44)57/h1-31H. The van der Waals surface area contributed by atoms with Gasteiger partial charge in [0.25, 0.3) is 0 Å². The molecule has 5 nitrogen and oxygen atoms in total. The highest BCUT2D eigenvalue weighted by Crippen LogP contribution is 2.44. The molecule has 0 aliphatic carbocycles. The number of hydrogen-bond donors (Lipinski definition) is 0. The number of aromatic nitrogens is 5. The van der Waals surface area contributed by atoms with Crippen molar-refractivity contribution in [1.82, 2.24) is 23.9 Å². The Bertz CT molecular complexity index is 3730. The van der Waals surface area contributed by atoms with Gasteiger partial charge in [-0.2, -0.15) is 0 Å². The average molecular weight is 738 g/mol. The van der Waals surface area contributed by atoms with E-state index in [-0.39, 0.29) is 0 Å². The smallest absolute Gasteiger partial charge is 0.164 e. The van der Waals surface area contributed by atoms with Crippen molar-refractivity contribution in [3.05, 3.63) is 188 Å². The van der Waals surface area contributed by atoms with Crippen molar-refractivity contribution < 1.29 is 0 Å². The van der Waals surface area contributed by atoms with Crippen molar-refractivity contribution in [2.24, 2.45) is 0 Å². The monoisotopic (exact) mass is 737 g/mol. The Morgan fingerprint density at radius 3 is 1.59 bits per heavy atom. The molecule has 58 heavy (non-hydrogen) atoms. The highest BCUT2D eigenvalue weighted by atomic mass is 15.0. The lowest BCUT2D eigenvalue weighted by Gasteiger charge is -2.15. The van der Waals surface area contributed by atoms with Crippen molar-refractivity contribution in [2.75, 3.05) is 0 Å². The van der Waals surface area contributed by atoms with Gasteiger partial charge in [-0.1, -0.05) is 146 Å². The molecule has 0 atom stereocenters. The molecule has 5 heteroatoms. The summed E-state index contributed by atoms with van der Waals surface area (Å²) in [5.41, 5.74) is 10.0. The molecule has 0 aliphatic rings. The Morgan fingerprint density at radius 1 is 0.310 bits per heavy atom. The molecule has 0 aliphatic heterocycles. The van der Waals surface area contributed by atoms with Gasteiger partial charge in [-0.25, -0.2) is 15.0 Å². The molecular formula is C53H31N5. The summed E-state index contributed by atoms with van der Waals surface area (Å²) in [4.78, 5) is 15.3. The predicted octanol–water partition coefficient (Wildman–Crippen LogP) is 13.4. The van der Waals surface area contributed by atoms with Crippen molar-refractivity contribution in [1.29, 1.82) is 0 Å². The second-order valence-electron chi connectivity index (χ2n) is 15.2. The Labute approximate surface area is 332 Å². The van der Waals surface area contributed by atoms with Gasteiger partial charge in [0.1, 0.15) is 0 Å². The van der Waals surface area contributed by atoms with E-state index in [2.05, 4.69) is 161 Å². The summed E-state index contributed by atoms with van der Waals surface area (Å²) in [5.74, 6) is 1.93. The molecule has 4 aromatic heterocycles. The third-order valence-electron chi connectivity index (χ3n) is 12.1. The van der Waals surface area contributed by atoms with Crippen LogP contribution in [0.5, 0.6) is 0 Å². The minimum absolute atomic E-state index is 0.641. The molecule has 0 radical (unpaired) electrons. The minimum atomic E-state index is 0.641. The second kappa shape index (κ2) is 11.8. The van der Waals surface area contributed by atoms with Gasteiger partial charge in [-0.15, -0.1) is 0 Å². The molecule has 268 valence electrons. The Hall–Kier alpha value is -7.89. The van der Waals surface area contributed by atoms with Gasteiger partial charge < -0.3 is 8.97 Å². The molecule has 0 unspecified atom stereocenters. The molecule has 0 amide bonds. The van der Waals surface area contributed by atoms with Gasteiger partial charge in [0, 0.05) is 54.4 Å². The number of para-hydroxylation sites is 2. The zero-order chi connectivity index (χ0) is 37.9. The maximum atomic E-state index is 5.14. The lowest BCUT2D eigenvalue weighted by atomic mass is 10.0. The summed E-state index contributed by atoms with van der Waals surface area (Å²) in [6.45, 7) is 0. The van der Waals surface area contributed by atoms with E-state index in [0.29, 0.717) is 17.5 Å². The van der Waals surface area contributed by atoms with E-state index in [4.69, 9.17) is 15.0 Å². The van der Waals surface area contributed by atoms with E-state index in [9.17, 15) is 0 Å². The van der Waals surface area contributed by atoms with Crippen LogP contribution in [0.1, 0.15) is 0 Å². The third kappa shape index (κ3) is 4.38. The van der Waals surface area contributed by atoms with Crippen LogP contribution in [-0.4, -0.2) is 23.9 Å². The van der Waals surface area contributed by atoms with E-state index in [1.54, 1.807) is 0 Å². The van der Waals surface area contributed by atoms with Crippen molar-refractivity contribution in [3.63, 3.8) is 0 Å². The number of hydrogen-bond acceptors (Lipinski definition) is 3. The Morgan fingerprint density at radius 2 is 0.845 bits per heavy atom. The highest BCUT2D eigenvalue weighted by molar-refractivity contribution is 6.27. The molecule has 0 fully saturated rings. The van der Waals surface area contributed by atoms with Crippen LogP contribution in [0.25, 0.3) is 121 Å². The maximum Gasteiger partial charge on any atom is 0.164 e. The molecular weight excluding hydrogens is 707 g/mol. The molecule has 0 bridgehead atoms. The Balaban J connectivity index is 1.12. The molecule has 0 saturated carbocycles. The fourth-order valence-corrected chi connectivity index (χ4v) is 9.49. The predicted molar refractivity (Wildman–Crippen MR) is 240 cm³/mol. The summed E-state index contributed by atoms with van der Waals surface area (Å²) in [5, 5.41) is 12.2. The molecule has 13 aromatic rings. The van der Waals surface area contributed by atoms with Crippen molar-refractivity contribution >= 4 is 81.4 Å². The van der Waals surface area contributed by atoms with Crippen LogP contribution in [-0.2, 0) is 0 Å². The SMILES string of the molecule is c1ccc(-c2nc(-c3ccccc3)nc(-c3ccc(-n4c5cc6ccccc6cc5c5cc6c7cccc8c9ccccc9n(c6cc54)c87)c4ccccc34)n2)cc1. The molecule has 4 heterocycles. The molecule has 9 aromatic carbocycles. The van der Waals surface area contributed by atoms with Gasteiger partial charge in [-0.3, -0.25) is 0 Å². The van der Waals surface area contributed by atoms with Gasteiger partial charge in [0.05, 0.1) is 33.3 Å². The quantitative estimate of drug-likeness (QED) is 0.181. The van der Waals surface area contributed by atoms with Crippen LogP contribution < -0.4 is 0 Å². The minimum Gasteiger partial charge on any atom is -0.309 e. The summed E-state index contributed by atoms with van der Waals surface area (Å²) in [6, 6.07) is 67.3. The topological polar surface area (TPSA) is 48.0 Å². The van der Waals surface area contributed by atoms with E-state index in [1.165, 1.54) is 70.7 Å². The summed E-state index contributed by atoms with van der Waals surface area (Å²) >= 11 is 0. The lowest BCUT2D eigenvalue weighted by Crippen LogP contribution is -2.01. The summed E-state index contributed by atoms with van der Waals surface area (Å²) < 4.78 is 4.96. The summed E-state index contributed by atoms with van der Waals surface area (Å²) in [7, 11) is 0. The number of fused-ring (bicyclic) bond motifs is 11. The zero-order valence-electron chi connectivity index (χ0n) is 31.1. The fourth-order valence-electron chi connectivity index (χ4n) is 9.49. The van der Waals surface area contributed by atoms with Gasteiger partial charge in [-0.05, 0) is 58.6 Å². The van der Waals surface area contributed by atoms with Gasteiger partial charge >= 0.3 is 0 Å². The molecule has 13 rings (SSSR count). The largest absolute Gasteiger partial charge is 0.309 e. The zero-order valence-corrected chi connectivity index (χ0v) is 31.1. The highest BCUT2D eigenvalue weighted by Gasteiger charge is 2.23. The van der Waals surface area contributed by atoms with E-state index in [1.807, 2.05) is 36.4 Å². The van der Waals surface area contributed by atoms with Crippen molar-refractivity contribution in [2.45, 2.75) is 0 Å². The fraction of sp³-hybridized carbons (Fsp3) is 0. The first kappa shape index (κ1) is 31.3. The van der Waals surface area contributed by atoms with Crippen LogP contribution in [0.15, 0.2) is 188 Å². The normalized spacial score (nSPS) is 12.1. The number of nitrogens with zero attached hydrogens (tertiary/aromatic N) is 5. The second-order valence-corrected chi connectivity index (χ2v) is 15.2. The van der Waals surface area contributed by atoms with E-state index >= 15 is 0 Å². The van der Waals surface area contributed by atoms with Gasteiger partial charge in [0.15, 0.2) is 17.5 Å². The first-order valence-corrected chi connectivity index (χ1v) is 19.7. The van der Waals surface area contributed by atoms with Crippen LogP contribution in [0, 0.1) is 0 Å². The van der Waals surface area contributed by atoms with Crippen LogP contribution in [0.3, 0.4) is 0 Å².